The van der Waals surface area contributed by atoms with Gasteiger partial charge in [0.1, 0.15) is 0 Å². The van der Waals surface area contributed by atoms with Crippen LogP contribution in [-0.4, -0.2) is 18.5 Å². The summed E-state index contributed by atoms with van der Waals surface area (Å²) in [5, 5.41) is 0. The Hall–Kier alpha value is -0.160. The Morgan fingerprint density at radius 2 is 1.67 bits per heavy atom. The molecular weight excluding hydrogens is 145 g/mol. The number of hydrogen-bond acceptors (Lipinski definition) is 2. The quantitative estimate of drug-likeness (QED) is 0.442. The zero-order chi connectivity index (χ0) is 7.65. The van der Waals surface area contributed by atoms with Crippen LogP contribution in [0.15, 0.2) is 0 Å². The average molecular weight is 155 g/mol. The van der Waals surface area contributed by atoms with E-state index in [1.807, 2.05) is 0 Å². The molecule has 0 rings (SSSR count). The number of hydrogen-bond donors (Lipinski definition) is 1. The normalized spacial score (nSPS) is 13.1. The summed E-state index contributed by atoms with van der Waals surface area (Å²) < 4.78 is 31.9. The van der Waals surface area contributed by atoms with Gasteiger partial charge < -0.3 is 0 Å². The van der Waals surface area contributed by atoms with Crippen molar-refractivity contribution in [1.82, 2.24) is 4.53 Å². The van der Waals surface area contributed by atoms with Crippen LogP contribution in [0.25, 0.3) is 0 Å². The van der Waals surface area contributed by atoms with Crippen LogP contribution in [0.2, 0.25) is 0 Å². The van der Waals surface area contributed by atoms with E-state index in [1.165, 1.54) is 20.8 Å². The molecule has 0 radical (unpaired) electrons. The lowest BCUT2D eigenvalue weighted by atomic mass is 10.1. The largest absolute Gasteiger partial charge is 0.230 e. The van der Waals surface area contributed by atoms with Crippen LogP contribution in [-0.2, 0) is 10.9 Å². The van der Waals surface area contributed by atoms with Crippen molar-refractivity contribution in [2.75, 3.05) is 0 Å². The molecule has 0 saturated heterocycles. The van der Waals surface area contributed by atoms with Gasteiger partial charge in [-0.1, -0.05) is 0 Å². The van der Waals surface area contributed by atoms with E-state index in [0.29, 0.717) is 0 Å². The molecule has 0 aliphatic heterocycles. The monoisotopic (exact) mass is 155 g/mol. The molecule has 3 nitrogen and oxygen atoms in total. The second-order valence-electron chi connectivity index (χ2n) is 2.67. The zero-order valence-corrected chi connectivity index (χ0v) is 6.48. The summed E-state index contributed by atoms with van der Waals surface area (Å²) in [6, 6.07) is 0. The summed E-state index contributed by atoms with van der Waals surface area (Å²) in [6.45, 7) is 4.41. The summed E-state index contributed by atoms with van der Waals surface area (Å²) in [7, 11) is -3.08. The molecule has 0 atom stereocenters. The second kappa shape index (κ2) is 2.62. The molecule has 56 valence electrons. The van der Waals surface area contributed by atoms with Gasteiger partial charge in [-0.3, -0.25) is 0 Å². The number of thiol groups is 1. The predicted molar refractivity (Wildman–Crippen MR) is 33.0 cm³/mol. The maximum atomic E-state index is 12.3. The topological polar surface area (TPSA) is 37.4 Å². The summed E-state index contributed by atoms with van der Waals surface area (Å²) in [6.07, 6.45) is 0. The Balaban J connectivity index is 4.22. The third kappa shape index (κ3) is 2.76. The van der Waals surface area contributed by atoms with Crippen LogP contribution in [0.4, 0.5) is 4.48 Å². The fourth-order valence-electron chi connectivity index (χ4n) is 0.245. The highest BCUT2D eigenvalue weighted by Crippen LogP contribution is 2.12. The summed E-state index contributed by atoms with van der Waals surface area (Å²) in [5.74, 6) is 0. The molecule has 0 aromatic rings. The van der Waals surface area contributed by atoms with Gasteiger partial charge in [0.25, 0.3) is 0 Å². The van der Waals surface area contributed by atoms with Gasteiger partial charge in [0.15, 0.2) is 0 Å². The fourth-order valence-corrected chi connectivity index (χ4v) is 0.735. The molecule has 0 saturated carbocycles. The van der Waals surface area contributed by atoms with Gasteiger partial charge in [0.05, 0.1) is 5.54 Å². The van der Waals surface area contributed by atoms with Crippen LogP contribution < -0.4 is 0 Å². The van der Waals surface area contributed by atoms with Gasteiger partial charge in [-0.25, -0.2) is 8.42 Å². The third-order valence-electron chi connectivity index (χ3n) is 0.697. The van der Waals surface area contributed by atoms with E-state index in [1.54, 1.807) is 0 Å². The fraction of sp³-hybridized carbons (Fsp3) is 1.00. The van der Waals surface area contributed by atoms with Gasteiger partial charge in [-0.05, 0) is 25.3 Å². The minimum atomic E-state index is -3.08. The van der Waals surface area contributed by atoms with Crippen molar-refractivity contribution in [3.63, 3.8) is 0 Å². The highest BCUT2D eigenvalue weighted by molar-refractivity contribution is 7.69. The first-order valence-corrected chi connectivity index (χ1v) is 3.59. The summed E-state index contributed by atoms with van der Waals surface area (Å²) >= 11 is 0. The molecule has 0 bridgehead atoms. The Morgan fingerprint density at radius 3 is 1.67 bits per heavy atom. The van der Waals surface area contributed by atoms with E-state index < -0.39 is 16.4 Å². The molecule has 0 spiro atoms. The zero-order valence-electron chi connectivity index (χ0n) is 5.59. The van der Waals surface area contributed by atoms with E-state index >= 15 is 0 Å². The lowest BCUT2D eigenvalue weighted by molar-refractivity contribution is 0.0470. The standard InChI is InChI=1S/C4H10FNO2S/c1-4(2,3)6(5)9(7)8/h9H,1-3H3. The third-order valence-corrected chi connectivity index (χ3v) is 1.58. The first-order valence-electron chi connectivity index (χ1n) is 2.46. The minimum absolute atomic E-state index is 0.192. The SMILES string of the molecule is CC(C)(C)N(F)[SH](=O)=O. The summed E-state index contributed by atoms with van der Waals surface area (Å²) in [5.41, 5.74) is -0.949. The van der Waals surface area contributed by atoms with Crippen molar-refractivity contribution < 1.29 is 12.9 Å². The molecule has 5 heteroatoms. The van der Waals surface area contributed by atoms with E-state index in [9.17, 15) is 12.9 Å². The number of rotatable bonds is 1. The molecule has 0 N–H and O–H groups in total. The number of halogens is 1. The Bertz CT molecular complexity index is 152. The lowest BCUT2D eigenvalue weighted by Gasteiger charge is -2.19. The van der Waals surface area contributed by atoms with Crippen molar-refractivity contribution in [1.29, 1.82) is 0 Å². The van der Waals surface area contributed by atoms with Gasteiger partial charge >= 0.3 is 0 Å². The van der Waals surface area contributed by atoms with E-state index in [4.69, 9.17) is 0 Å². The van der Waals surface area contributed by atoms with Crippen molar-refractivity contribution in [3.05, 3.63) is 0 Å². The van der Waals surface area contributed by atoms with E-state index in [2.05, 4.69) is 0 Å². The van der Waals surface area contributed by atoms with Gasteiger partial charge in [0, 0.05) is 0 Å². The van der Waals surface area contributed by atoms with E-state index in [0.717, 1.165) is 0 Å². The molecule has 0 heterocycles. The van der Waals surface area contributed by atoms with Crippen LogP contribution >= 0.6 is 0 Å². The Morgan fingerprint density at radius 1 is 1.33 bits per heavy atom. The molecule has 0 fully saturated rings. The van der Waals surface area contributed by atoms with Crippen molar-refractivity contribution in [3.8, 4) is 0 Å². The van der Waals surface area contributed by atoms with Gasteiger partial charge in [0.2, 0.25) is 10.9 Å². The smallest absolute Gasteiger partial charge is 0.213 e. The van der Waals surface area contributed by atoms with Crippen LogP contribution in [0.3, 0.4) is 0 Å². The van der Waals surface area contributed by atoms with Crippen molar-refractivity contribution >= 4 is 10.9 Å². The highest BCUT2D eigenvalue weighted by Gasteiger charge is 2.22. The maximum absolute atomic E-state index is 12.3. The van der Waals surface area contributed by atoms with Crippen LogP contribution in [0.1, 0.15) is 20.8 Å². The predicted octanol–water partition coefficient (Wildman–Crippen LogP) is 0.498. The van der Waals surface area contributed by atoms with Crippen LogP contribution in [0.5, 0.6) is 0 Å². The van der Waals surface area contributed by atoms with Gasteiger partial charge in [-0.2, -0.15) is 0 Å². The maximum Gasteiger partial charge on any atom is 0.230 e. The van der Waals surface area contributed by atoms with Gasteiger partial charge in [-0.15, -0.1) is 4.48 Å². The van der Waals surface area contributed by atoms with Crippen molar-refractivity contribution in [2.45, 2.75) is 26.3 Å². The lowest BCUT2D eigenvalue weighted by Crippen LogP contribution is -2.33. The van der Waals surface area contributed by atoms with E-state index in [-0.39, 0.29) is 4.53 Å². The number of nitrogens with zero attached hydrogens (tertiary/aromatic N) is 1. The molecule has 0 aliphatic rings. The summed E-state index contributed by atoms with van der Waals surface area (Å²) in [4.78, 5) is 0. The molecule has 9 heavy (non-hydrogen) atoms. The highest BCUT2D eigenvalue weighted by atomic mass is 32.2. The molecule has 0 aliphatic carbocycles. The Labute approximate surface area is 55.5 Å². The van der Waals surface area contributed by atoms with Crippen molar-refractivity contribution in [2.24, 2.45) is 0 Å². The molecule has 0 aromatic carbocycles. The average Bonchev–Trinajstić information content (AvgIpc) is 1.62. The minimum Gasteiger partial charge on any atom is -0.213 e. The van der Waals surface area contributed by atoms with Crippen LogP contribution in [0, 0.1) is 0 Å². The first kappa shape index (κ1) is 8.84. The first-order chi connectivity index (χ1) is 3.85. The molecule has 0 amide bonds. The molecule has 0 aromatic heterocycles. The molecular formula is C4H10FNO2S. The Kier molecular flexibility index (Phi) is 2.57. The molecule has 0 unspecified atom stereocenters. The second-order valence-corrected chi connectivity index (χ2v) is 3.50.